The maximum atomic E-state index is 10.8. The van der Waals surface area contributed by atoms with Gasteiger partial charge in [-0.1, -0.05) is 0 Å². The molecule has 1 aliphatic rings. The number of pyridine rings is 1. The number of piperidine rings is 1. The van der Waals surface area contributed by atoms with Crippen LogP contribution >= 0.6 is 0 Å². The first-order valence-electron chi connectivity index (χ1n) is 6.61. The number of rotatable bonds is 3. The molecule has 0 amide bonds. The van der Waals surface area contributed by atoms with Crippen molar-refractivity contribution < 1.29 is 4.92 Å². The van der Waals surface area contributed by atoms with Crippen molar-refractivity contribution in [3.8, 4) is 0 Å². The summed E-state index contributed by atoms with van der Waals surface area (Å²) in [5.41, 5.74) is 6.28. The van der Waals surface area contributed by atoms with Gasteiger partial charge in [-0.25, -0.2) is 4.98 Å². The maximum absolute atomic E-state index is 10.8. The molecule has 1 aliphatic heterocycles. The molecule has 0 spiro atoms. The summed E-state index contributed by atoms with van der Waals surface area (Å²) in [5, 5.41) is 10.8. The molecule has 2 rings (SSSR count). The molecule has 1 aromatic heterocycles. The van der Waals surface area contributed by atoms with Crippen LogP contribution in [-0.4, -0.2) is 29.0 Å². The quantitative estimate of drug-likeness (QED) is 0.665. The van der Waals surface area contributed by atoms with Crippen molar-refractivity contribution in [2.75, 3.05) is 18.0 Å². The molecule has 0 aromatic carbocycles. The summed E-state index contributed by atoms with van der Waals surface area (Å²) in [6, 6.07) is 3.67. The van der Waals surface area contributed by atoms with Crippen LogP contribution in [0.25, 0.3) is 0 Å². The molecule has 1 aromatic rings. The van der Waals surface area contributed by atoms with E-state index >= 15 is 0 Å². The Kier molecular flexibility index (Phi) is 3.99. The monoisotopic (exact) mass is 264 g/mol. The minimum atomic E-state index is -0.394. The predicted molar refractivity (Wildman–Crippen MR) is 74.2 cm³/mol. The first kappa shape index (κ1) is 13.7. The van der Waals surface area contributed by atoms with E-state index in [0.29, 0.717) is 24.2 Å². The highest BCUT2D eigenvalue weighted by atomic mass is 16.6. The van der Waals surface area contributed by atoms with E-state index in [9.17, 15) is 10.1 Å². The third kappa shape index (κ3) is 2.84. The summed E-state index contributed by atoms with van der Waals surface area (Å²) >= 11 is 0. The van der Waals surface area contributed by atoms with Gasteiger partial charge in [0.15, 0.2) is 0 Å². The average Bonchev–Trinajstić information content (AvgIpc) is 2.38. The summed E-state index contributed by atoms with van der Waals surface area (Å²) in [7, 11) is 0. The summed E-state index contributed by atoms with van der Waals surface area (Å²) in [4.78, 5) is 17.0. The van der Waals surface area contributed by atoms with Gasteiger partial charge in [0, 0.05) is 18.7 Å². The molecule has 0 radical (unpaired) electrons. The number of hydrogen-bond acceptors (Lipinski definition) is 5. The van der Waals surface area contributed by atoms with Gasteiger partial charge >= 0.3 is 0 Å². The highest BCUT2D eigenvalue weighted by molar-refractivity contribution is 5.47. The Bertz CT molecular complexity index is 478. The van der Waals surface area contributed by atoms with E-state index in [-0.39, 0.29) is 5.69 Å². The van der Waals surface area contributed by atoms with Gasteiger partial charge in [0.1, 0.15) is 11.5 Å². The van der Waals surface area contributed by atoms with E-state index in [2.05, 4.69) is 16.8 Å². The largest absolute Gasteiger partial charge is 0.354 e. The topological polar surface area (TPSA) is 85.3 Å². The van der Waals surface area contributed by atoms with Crippen LogP contribution in [0.1, 0.15) is 25.5 Å². The molecule has 2 heterocycles. The SMILES string of the molecule is Cc1nc(N2CC(CN)CCC2C)ccc1[N+](=O)[O-]. The highest BCUT2D eigenvalue weighted by Gasteiger charge is 2.26. The Labute approximate surface area is 112 Å². The molecule has 0 aliphatic carbocycles. The van der Waals surface area contributed by atoms with Gasteiger partial charge < -0.3 is 10.6 Å². The van der Waals surface area contributed by atoms with Crippen LogP contribution in [0.15, 0.2) is 12.1 Å². The number of aryl methyl sites for hydroxylation is 1. The molecule has 6 nitrogen and oxygen atoms in total. The van der Waals surface area contributed by atoms with Crippen molar-refractivity contribution in [1.29, 1.82) is 0 Å². The first-order valence-corrected chi connectivity index (χ1v) is 6.61. The zero-order chi connectivity index (χ0) is 14.0. The first-order chi connectivity index (χ1) is 9.02. The number of nitro groups is 1. The van der Waals surface area contributed by atoms with Gasteiger partial charge in [0.05, 0.1) is 4.92 Å². The van der Waals surface area contributed by atoms with Crippen molar-refractivity contribution in [2.24, 2.45) is 11.7 Å². The van der Waals surface area contributed by atoms with Crippen molar-refractivity contribution >= 4 is 11.5 Å². The van der Waals surface area contributed by atoms with Crippen molar-refractivity contribution in [3.05, 3.63) is 27.9 Å². The van der Waals surface area contributed by atoms with Gasteiger partial charge in [-0.3, -0.25) is 10.1 Å². The third-order valence-corrected chi connectivity index (χ3v) is 3.85. The zero-order valence-electron chi connectivity index (χ0n) is 11.4. The van der Waals surface area contributed by atoms with Crippen LogP contribution in [-0.2, 0) is 0 Å². The van der Waals surface area contributed by atoms with Crippen LogP contribution in [0.3, 0.4) is 0 Å². The number of hydrogen-bond donors (Lipinski definition) is 1. The molecular weight excluding hydrogens is 244 g/mol. The lowest BCUT2D eigenvalue weighted by atomic mass is 9.93. The van der Waals surface area contributed by atoms with E-state index in [0.717, 1.165) is 25.2 Å². The van der Waals surface area contributed by atoms with Gasteiger partial charge in [-0.15, -0.1) is 0 Å². The Hall–Kier alpha value is -1.69. The van der Waals surface area contributed by atoms with Crippen LogP contribution in [0.2, 0.25) is 0 Å². The second-order valence-corrected chi connectivity index (χ2v) is 5.21. The zero-order valence-corrected chi connectivity index (χ0v) is 11.4. The van der Waals surface area contributed by atoms with Crippen LogP contribution in [0.4, 0.5) is 11.5 Å². The molecule has 2 N–H and O–H groups in total. The molecule has 1 fully saturated rings. The normalized spacial score (nSPS) is 23.4. The van der Waals surface area contributed by atoms with Crippen molar-refractivity contribution in [3.63, 3.8) is 0 Å². The van der Waals surface area contributed by atoms with Crippen LogP contribution in [0.5, 0.6) is 0 Å². The summed E-state index contributed by atoms with van der Waals surface area (Å²) in [5.74, 6) is 1.29. The maximum Gasteiger partial charge on any atom is 0.290 e. The fraction of sp³-hybridized carbons (Fsp3) is 0.615. The smallest absolute Gasteiger partial charge is 0.290 e. The van der Waals surface area contributed by atoms with Crippen LogP contribution < -0.4 is 10.6 Å². The fourth-order valence-corrected chi connectivity index (χ4v) is 2.59. The summed E-state index contributed by atoms with van der Waals surface area (Å²) in [6.07, 6.45) is 2.22. The Morgan fingerprint density at radius 3 is 2.84 bits per heavy atom. The van der Waals surface area contributed by atoms with E-state index in [4.69, 9.17) is 5.73 Å². The molecule has 6 heteroatoms. The van der Waals surface area contributed by atoms with E-state index in [1.54, 1.807) is 13.0 Å². The molecule has 2 unspecified atom stereocenters. The second kappa shape index (κ2) is 5.52. The van der Waals surface area contributed by atoms with E-state index in [1.165, 1.54) is 6.07 Å². The number of nitrogens with two attached hydrogens (primary N) is 1. The van der Waals surface area contributed by atoms with E-state index < -0.39 is 4.92 Å². The standard InChI is InChI=1S/C13H20N4O2/c1-9-3-4-11(7-14)8-16(9)13-6-5-12(17(18)19)10(2)15-13/h5-6,9,11H,3-4,7-8,14H2,1-2H3. The minimum absolute atomic E-state index is 0.0730. The summed E-state index contributed by atoms with van der Waals surface area (Å²) < 4.78 is 0. The van der Waals surface area contributed by atoms with Gasteiger partial charge in [-0.2, -0.15) is 0 Å². The fourth-order valence-electron chi connectivity index (χ4n) is 2.59. The lowest BCUT2D eigenvalue weighted by Gasteiger charge is -2.38. The average molecular weight is 264 g/mol. The molecule has 0 saturated carbocycles. The molecule has 104 valence electrons. The summed E-state index contributed by atoms with van der Waals surface area (Å²) in [6.45, 7) is 5.39. The molecule has 1 saturated heterocycles. The Morgan fingerprint density at radius 1 is 1.53 bits per heavy atom. The molecular formula is C13H20N4O2. The minimum Gasteiger partial charge on any atom is -0.354 e. The van der Waals surface area contributed by atoms with Gasteiger partial charge in [-0.05, 0) is 45.2 Å². The molecule has 19 heavy (non-hydrogen) atoms. The Morgan fingerprint density at radius 2 is 2.26 bits per heavy atom. The number of nitrogens with zero attached hydrogens (tertiary/aromatic N) is 3. The molecule has 0 bridgehead atoms. The molecule has 2 atom stereocenters. The van der Waals surface area contributed by atoms with Gasteiger partial charge in [0.25, 0.3) is 5.69 Å². The van der Waals surface area contributed by atoms with Crippen molar-refractivity contribution in [2.45, 2.75) is 32.7 Å². The van der Waals surface area contributed by atoms with Crippen molar-refractivity contribution in [1.82, 2.24) is 4.98 Å². The van der Waals surface area contributed by atoms with E-state index in [1.807, 2.05) is 0 Å². The van der Waals surface area contributed by atoms with Gasteiger partial charge in [0.2, 0.25) is 0 Å². The highest BCUT2D eigenvalue weighted by Crippen LogP contribution is 2.28. The number of aromatic nitrogens is 1. The second-order valence-electron chi connectivity index (χ2n) is 5.21. The predicted octanol–water partition coefficient (Wildman–Crippen LogP) is 1.86. The number of anilines is 1. The third-order valence-electron chi connectivity index (χ3n) is 3.85. The Balaban J connectivity index is 2.25. The lowest BCUT2D eigenvalue weighted by molar-refractivity contribution is -0.385. The lowest BCUT2D eigenvalue weighted by Crippen LogP contribution is -2.44. The van der Waals surface area contributed by atoms with Crippen LogP contribution in [0, 0.1) is 23.0 Å².